The first-order valence-electron chi connectivity index (χ1n) is 4.86. The second-order valence-corrected chi connectivity index (χ2v) is 4.56. The van der Waals surface area contributed by atoms with Gasteiger partial charge in [-0.2, -0.15) is 0 Å². The summed E-state index contributed by atoms with van der Waals surface area (Å²) in [6, 6.07) is 10.6. The van der Waals surface area contributed by atoms with Crippen molar-refractivity contribution in [2.45, 2.75) is 32.1 Å². The normalized spacial score (nSPS) is 15.3. The van der Waals surface area contributed by atoms with E-state index < -0.39 is 0 Å². The smallest absolute Gasteiger partial charge is 0.0310 e. The van der Waals surface area contributed by atoms with Gasteiger partial charge < -0.3 is 0 Å². The molecular weight excluding hydrogens is 180 g/mol. The average molecular weight is 197 g/mol. The van der Waals surface area contributed by atoms with Crippen molar-refractivity contribution in [1.29, 1.82) is 0 Å². The van der Waals surface area contributed by atoms with E-state index in [1.807, 2.05) is 0 Å². The van der Waals surface area contributed by atoms with Crippen molar-refractivity contribution in [3.05, 3.63) is 35.9 Å². The second-order valence-electron chi connectivity index (χ2n) is 3.81. The van der Waals surface area contributed by atoms with Crippen LogP contribution in [0.25, 0.3) is 0 Å². The zero-order chi connectivity index (χ0) is 9.68. The van der Waals surface area contributed by atoms with E-state index in [9.17, 15) is 0 Å². The fraction of sp³-hybridized carbons (Fsp3) is 0.500. The third-order valence-electron chi connectivity index (χ3n) is 2.15. The van der Waals surface area contributed by atoms with Crippen LogP contribution < -0.4 is 0 Å². The standard InChI is InChI=1S/C12H17Cl/c1-10(8-11(2)13)9-12-6-4-3-5-7-12/h3-7,10-11H,8-9H2,1-2H3. The molecule has 0 aliphatic rings. The predicted molar refractivity (Wildman–Crippen MR) is 59.2 cm³/mol. The van der Waals surface area contributed by atoms with Gasteiger partial charge in [0.2, 0.25) is 0 Å². The van der Waals surface area contributed by atoms with Gasteiger partial charge in [-0.05, 0) is 31.2 Å². The Balaban J connectivity index is 2.41. The van der Waals surface area contributed by atoms with E-state index >= 15 is 0 Å². The molecule has 0 fully saturated rings. The van der Waals surface area contributed by atoms with Crippen molar-refractivity contribution in [2.24, 2.45) is 5.92 Å². The van der Waals surface area contributed by atoms with Crippen LogP contribution in [0.3, 0.4) is 0 Å². The van der Waals surface area contributed by atoms with Crippen LogP contribution in [-0.4, -0.2) is 5.38 Å². The summed E-state index contributed by atoms with van der Waals surface area (Å²) in [7, 11) is 0. The van der Waals surface area contributed by atoms with E-state index in [4.69, 9.17) is 11.6 Å². The number of hydrogen-bond donors (Lipinski definition) is 0. The summed E-state index contributed by atoms with van der Waals surface area (Å²) in [4.78, 5) is 0. The molecule has 1 heteroatoms. The molecular formula is C12H17Cl. The van der Waals surface area contributed by atoms with Crippen LogP contribution in [0.1, 0.15) is 25.8 Å². The van der Waals surface area contributed by atoms with Crippen LogP contribution in [-0.2, 0) is 6.42 Å². The fourth-order valence-electron chi connectivity index (χ4n) is 1.65. The average Bonchev–Trinajstić information content (AvgIpc) is 2.04. The van der Waals surface area contributed by atoms with Crippen LogP contribution in [0.5, 0.6) is 0 Å². The molecule has 13 heavy (non-hydrogen) atoms. The Morgan fingerprint density at radius 2 is 1.77 bits per heavy atom. The van der Waals surface area contributed by atoms with Crippen molar-refractivity contribution in [2.75, 3.05) is 0 Å². The molecule has 0 spiro atoms. The first-order chi connectivity index (χ1) is 6.18. The Kier molecular flexibility index (Phi) is 4.31. The monoisotopic (exact) mass is 196 g/mol. The molecule has 0 saturated heterocycles. The van der Waals surface area contributed by atoms with E-state index in [0.717, 1.165) is 12.8 Å². The van der Waals surface area contributed by atoms with Gasteiger partial charge in [0.05, 0.1) is 0 Å². The molecule has 0 saturated carbocycles. The van der Waals surface area contributed by atoms with E-state index in [-0.39, 0.29) is 0 Å². The molecule has 2 atom stereocenters. The molecule has 0 aromatic heterocycles. The number of benzene rings is 1. The third kappa shape index (κ3) is 4.33. The molecule has 1 aromatic rings. The molecule has 2 unspecified atom stereocenters. The van der Waals surface area contributed by atoms with Crippen LogP contribution in [0.15, 0.2) is 30.3 Å². The Bertz CT molecular complexity index is 228. The van der Waals surface area contributed by atoms with Gasteiger partial charge in [-0.25, -0.2) is 0 Å². The maximum absolute atomic E-state index is 5.94. The molecule has 72 valence electrons. The molecule has 0 bridgehead atoms. The maximum Gasteiger partial charge on any atom is 0.0310 e. The van der Waals surface area contributed by atoms with E-state index in [2.05, 4.69) is 44.2 Å². The van der Waals surface area contributed by atoms with E-state index in [1.54, 1.807) is 0 Å². The third-order valence-corrected chi connectivity index (χ3v) is 2.33. The molecule has 0 aliphatic heterocycles. The van der Waals surface area contributed by atoms with Gasteiger partial charge in [0.1, 0.15) is 0 Å². The lowest BCUT2D eigenvalue weighted by atomic mass is 9.97. The van der Waals surface area contributed by atoms with E-state index in [0.29, 0.717) is 11.3 Å². The SMILES string of the molecule is CC(Cl)CC(C)Cc1ccccc1. The molecule has 1 aromatic carbocycles. The Labute approximate surface area is 85.9 Å². The summed E-state index contributed by atoms with van der Waals surface area (Å²) in [5.74, 6) is 0.676. The Morgan fingerprint density at radius 3 is 2.31 bits per heavy atom. The summed E-state index contributed by atoms with van der Waals surface area (Å²) >= 11 is 5.94. The molecule has 0 nitrogen and oxygen atoms in total. The largest absolute Gasteiger partial charge is 0.123 e. The van der Waals surface area contributed by atoms with Gasteiger partial charge in [-0.15, -0.1) is 11.6 Å². The van der Waals surface area contributed by atoms with Crippen LogP contribution in [0, 0.1) is 5.92 Å². The minimum Gasteiger partial charge on any atom is -0.123 e. The number of rotatable bonds is 4. The Morgan fingerprint density at radius 1 is 1.15 bits per heavy atom. The molecule has 0 heterocycles. The lowest BCUT2D eigenvalue weighted by molar-refractivity contribution is 0.526. The fourth-order valence-corrected chi connectivity index (χ4v) is 1.96. The Hall–Kier alpha value is -0.490. The number of halogens is 1. The van der Waals surface area contributed by atoms with Crippen molar-refractivity contribution in [1.82, 2.24) is 0 Å². The molecule has 0 aliphatic carbocycles. The van der Waals surface area contributed by atoms with Gasteiger partial charge in [0.15, 0.2) is 0 Å². The molecule has 0 amide bonds. The first-order valence-corrected chi connectivity index (χ1v) is 5.30. The van der Waals surface area contributed by atoms with Crippen LogP contribution in [0.2, 0.25) is 0 Å². The van der Waals surface area contributed by atoms with Gasteiger partial charge in [0.25, 0.3) is 0 Å². The molecule has 0 radical (unpaired) electrons. The molecule has 1 rings (SSSR count). The highest BCUT2D eigenvalue weighted by molar-refractivity contribution is 6.20. The zero-order valence-electron chi connectivity index (χ0n) is 8.33. The highest BCUT2D eigenvalue weighted by Gasteiger charge is 2.06. The van der Waals surface area contributed by atoms with E-state index in [1.165, 1.54) is 5.56 Å². The highest BCUT2D eigenvalue weighted by Crippen LogP contribution is 2.15. The van der Waals surface area contributed by atoms with Gasteiger partial charge in [-0.3, -0.25) is 0 Å². The summed E-state index contributed by atoms with van der Waals surface area (Å²) in [5, 5.41) is 0.290. The zero-order valence-corrected chi connectivity index (χ0v) is 9.09. The summed E-state index contributed by atoms with van der Waals surface area (Å²) in [6.45, 7) is 4.31. The number of hydrogen-bond acceptors (Lipinski definition) is 0. The predicted octanol–water partition coefficient (Wildman–Crippen LogP) is 3.88. The number of alkyl halides is 1. The lowest BCUT2D eigenvalue weighted by Crippen LogP contribution is -2.05. The van der Waals surface area contributed by atoms with Crippen LogP contribution in [0.4, 0.5) is 0 Å². The molecule has 0 N–H and O–H groups in total. The van der Waals surface area contributed by atoms with Gasteiger partial charge in [0, 0.05) is 5.38 Å². The maximum atomic E-state index is 5.94. The second kappa shape index (κ2) is 5.29. The summed E-state index contributed by atoms with van der Waals surface area (Å²) < 4.78 is 0. The van der Waals surface area contributed by atoms with Crippen molar-refractivity contribution in [3.8, 4) is 0 Å². The lowest BCUT2D eigenvalue weighted by Gasteiger charge is -2.12. The summed E-state index contributed by atoms with van der Waals surface area (Å²) in [6.07, 6.45) is 2.23. The quantitative estimate of drug-likeness (QED) is 0.642. The van der Waals surface area contributed by atoms with Crippen LogP contribution >= 0.6 is 11.6 Å². The summed E-state index contributed by atoms with van der Waals surface area (Å²) in [5.41, 5.74) is 1.41. The van der Waals surface area contributed by atoms with Crippen molar-refractivity contribution < 1.29 is 0 Å². The first kappa shape index (κ1) is 10.6. The topological polar surface area (TPSA) is 0 Å². The van der Waals surface area contributed by atoms with Crippen molar-refractivity contribution in [3.63, 3.8) is 0 Å². The van der Waals surface area contributed by atoms with Gasteiger partial charge >= 0.3 is 0 Å². The highest BCUT2D eigenvalue weighted by atomic mass is 35.5. The minimum absolute atomic E-state index is 0.290. The van der Waals surface area contributed by atoms with Crippen molar-refractivity contribution >= 4 is 11.6 Å². The van der Waals surface area contributed by atoms with Gasteiger partial charge in [-0.1, -0.05) is 37.3 Å². The minimum atomic E-state index is 0.290.